The van der Waals surface area contributed by atoms with E-state index < -0.39 is 11.8 Å². The first-order chi connectivity index (χ1) is 13.9. The van der Waals surface area contributed by atoms with Crippen molar-refractivity contribution in [2.24, 2.45) is 0 Å². The van der Waals surface area contributed by atoms with E-state index in [1.165, 1.54) is 18.2 Å². The standard InChI is InChI=1S/C25H18F2O2/c1-15-2-8-22(24(27)10-15)17-5-3-16(4-6-17)11-18-12-19(13-25(28)29)23-14-20(26)7-9-21(18)23/h2-12,14H,13H2,1H3,(H,28,29)/b18-11+. The van der Waals surface area contributed by atoms with Crippen molar-refractivity contribution in [2.45, 2.75) is 13.3 Å². The van der Waals surface area contributed by atoms with E-state index in [0.717, 1.165) is 27.8 Å². The molecule has 1 aliphatic rings. The number of aliphatic carboxylic acids is 1. The average molecular weight is 388 g/mol. The van der Waals surface area contributed by atoms with Crippen LogP contribution < -0.4 is 0 Å². The van der Waals surface area contributed by atoms with Gasteiger partial charge in [-0.1, -0.05) is 42.5 Å². The van der Waals surface area contributed by atoms with Crippen LogP contribution in [0.1, 0.15) is 28.7 Å². The Labute approximate surface area is 167 Å². The van der Waals surface area contributed by atoms with E-state index in [1.807, 2.05) is 43.3 Å². The first-order valence-corrected chi connectivity index (χ1v) is 9.21. The third-order valence-electron chi connectivity index (χ3n) is 4.98. The molecular formula is C25H18F2O2. The number of rotatable bonds is 4. The molecule has 3 aromatic rings. The molecule has 0 aliphatic heterocycles. The highest BCUT2D eigenvalue weighted by molar-refractivity contribution is 6.04. The predicted molar refractivity (Wildman–Crippen MR) is 111 cm³/mol. The fourth-order valence-electron chi connectivity index (χ4n) is 3.60. The molecule has 1 N–H and O–H groups in total. The molecule has 0 fully saturated rings. The summed E-state index contributed by atoms with van der Waals surface area (Å²) in [6.07, 6.45) is 3.53. The van der Waals surface area contributed by atoms with Crippen LogP contribution in [0.2, 0.25) is 0 Å². The van der Waals surface area contributed by atoms with Gasteiger partial charge in [-0.25, -0.2) is 8.78 Å². The molecule has 0 heterocycles. The van der Waals surface area contributed by atoms with Crippen LogP contribution in [-0.2, 0) is 4.79 Å². The van der Waals surface area contributed by atoms with Crippen LogP contribution in [0.5, 0.6) is 0 Å². The molecule has 0 radical (unpaired) electrons. The van der Waals surface area contributed by atoms with Crippen LogP contribution >= 0.6 is 0 Å². The largest absolute Gasteiger partial charge is 0.481 e. The maximum absolute atomic E-state index is 14.2. The normalized spacial score (nSPS) is 14.0. The predicted octanol–water partition coefficient (Wildman–Crippen LogP) is 6.35. The molecule has 1 aliphatic carbocycles. The van der Waals surface area contributed by atoms with Crippen molar-refractivity contribution in [3.8, 4) is 11.1 Å². The molecule has 0 atom stereocenters. The number of fused-ring (bicyclic) bond motifs is 1. The van der Waals surface area contributed by atoms with E-state index in [2.05, 4.69) is 0 Å². The Hall–Kier alpha value is -3.53. The molecule has 0 saturated carbocycles. The number of allylic oxidation sites excluding steroid dienone is 2. The number of carbonyl (C=O) groups is 1. The average Bonchev–Trinajstić information content (AvgIpc) is 2.98. The lowest BCUT2D eigenvalue weighted by Crippen LogP contribution is -1.96. The quantitative estimate of drug-likeness (QED) is 0.565. The molecule has 0 bridgehead atoms. The molecule has 0 unspecified atom stereocenters. The lowest BCUT2D eigenvalue weighted by atomic mass is 9.99. The third-order valence-corrected chi connectivity index (χ3v) is 4.98. The summed E-state index contributed by atoms with van der Waals surface area (Å²) < 4.78 is 27.9. The summed E-state index contributed by atoms with van der Waals surface area (Å²) in [4.78, 5) is 11.2. The first-order valence-electron chi connectivity index (χ1n) is 9.21. The maximum atomic E-state index is 14.2. The summed E-state index contributed by atoms with van der Waals surface area (Å²) in [6.45, 7) is 1.85. The molecule has 0 amide bonds. The van der Waals surface area contributed by atoms with Crippen molar-refractivity contribution in [1.29, 1.82) is 0 Å². The molecule has 4 rings (SSSR count). The second kappa shape index (κ2) is 7.47. The number of aryl methyl sites for hydroxylation is 1. The summed E-state index contributed by atoms with van der Waals surface area (Å²) in [6, 6.07) is 17.0. The molecule has 0 spiro atoms. The Morgan fingerprint density at radius 1 is 0.931 bits per heavy atom. The van der Waals surface area contributed by atoms with Crippen molar-refractivity contribution in [1.82, 2.24) is 0 Å². The van der Waals surface area contributed by atoms with Gasteiger partial charge in [0.25, 0.3) is 0 Å². The SMILES string of the molecule is Cc1ccc(-c2ccc(/C=C3\C=C(CC(=O)O)c4cc(F)ccc43)cc2)c(F)c1. The second-order valence-electron chi connectivity index (χ2n) is 7.13. The Balaban J connectivity index is 1.69. The second-order valence-corrected chi connectivity index (χ2v) is 7.13. The summed E-state index contributed by atoms with van der Waals surface area (Å²) in [5, 5.41) is 9.14. The Kier molecular flexibility index (Phi) is 4.85. The summed E-state index contributed by atoms with van der Waals surface area (Å²) in [7, 11) is 0. The number of carboxylic acid groups (broad SMARTS) is 1. The lowest BCUT2D eigenvalue weighted by molar-refractivity contribution is -0.135. The van der Waals surface area contributed by atoms with Gasteiger partial charge in [0.2, 0.25) is 0 Å². The highest BCUT2D eigenvalue weighted by Gasteiger charge is 2.20. The highest BCUT2D eigenvalue weighted by Crippen LogP contribution is 2.38. The summed E-state index contributed by atoms with van der Waals surface area (Å²) >= 11 is 0. The summed E-state index contributed by atoms with van der Waals surface area (Å²) in [5.41, 5.74) is 5.89. The molecule has 3 aromatic carbocycles. The van der Waals surface area contributed by atoms with Gasteiger partial charge in [0, 0.05) is 5.56 Å². The van der Waals surface area contributed by atoms with Gasteiger partial charge >= 0.3 is 5.97 Å². The fraction of sp³-hybridized carbons (Fsp3) is 0.0800. The monoisotopic (exact) mass is 388 g/mol. The summed E-state index contributed by atoms with van der Waals surface area (Å²) in [5.74, 6) is -1.62. The van der Waals surface area contributed by atoms with Gasteiger partial charge in [-0.3, -0.25) is 4.79 Å². The molecule has 144 valence electrons. The molecular weight excluding hydrogens is 370 g/mol. The zero-order valence-corrected chi connectivity index (χ0v) is 15.7. The van der Waals surface area contributed by atoms with Gasteiger partial charge in [0.1, 0.15) is 11.6 Å². The van der Waals surface area contributed by atoms with Crippen molar-refractivity contribution < 1.29 is 18.7 Å². The van der Waals surface area contributed by atoms with Gasteiger partial charge < -0.3 is 5.11 Å². The topological polar surface area (TPSA) is 37.3 Å². The Morgan fingerprint density at radius 2 is 1.66 bits per heavy atom. The molecule has 0 aromatic heterocycles. The van der Waals surface area contributed by atoms with E-state index >= 15 is 0 Å². The van der Waals surface area contributed by atoms with Gasteiger partial charge in [0.15, 0.2) is 0 Å². The molecule has 29 heavy (non-hydrogen) atoms. The van der Waals surface area contributed by atoms with E-state index in [1.54, 1.807) is 18.2 Å². The van der Waals surface area contributed by atoms with Gasteiger partial charge in [-0.05, 0) is 76.2 Å². The van der Waals surface area contributed by atoms with Crippen LogP contribution in [0.25, 0.3) is 28.3 Å². The molecule has 0 saturated heterocycles. The molecule has 2 nitrogen and oxygen atoms in total. The minimum atomic E-state index is -0.961. The van der Waals surface area contributed by atoms with Crippen molar-refractivity contribution >= 4 is 23.2 Å². The third kappa shape index (κ3) is 3.87. The van der Waals surface area contributed by atoms with Gasteiger partial charge in [0.05, 0.1) is 6.42 Å². The smallest absolute Gasteiger partial charge is 0.307 e. The van der Waals surface area contributed by atoms with Crippen molar-refractivity contribution in [3.63, 3.8) is 0 Å². The lowest BCUT2D eigenvalue weighted by Gasteiger charge is -2.06. The highest BCUT2D eigenvalue weighted by atomic mass is 19.1. The maximum Gasteiger partial charge on any atom is 0.307 e. The Morgan fingerprint density at radius 3 is 2.34 bits per heavy atom. The van der Waals surface area contributed by atoms with Crippen LogP contribution in [-0.4, -0.2) is 11.1 Å². The Bertz CT molecular complexity index is 1170. The number of hydrogen-bond donors (Lipinski definition) is 1. The van der Waals surface area contributed by atoms with Gasteiger partial charge in [-0.2, -0.15) is 0 Å². The fourth-order valence-corrected chi connectivity index (χ4v) is 3.60. The molecule has 4 heteroatoms. The van der Waals surface area contributed by atoms with E-state index in [0.29, 0.717) is 16.7 Å². The zero-order chi connectivity index (χ0) is 20.5. The van der Waals surface area contributed by atoms with Crippen LogP contribution in [0.4, 0.5) is 8.78 Å². The number of hydrogen-bond acceptors (Lipinski definition) is 1. The minimum Gasteiger partial charge on any atom is -0.481 e. The number of halogens is 2. The van der Waals surface area contributed by atoms with E-state index in [4.69, 9.17) is 5.11 Å². The van der Waals surface area contributed by atoms with Crippen molar-refractivity contribution in [2.75, 3.05) is 0 Å². The first kappa shape index (κ1) is 18.8. The number of carboxylic acids is 1. The van der Waals surface area contributed by atoms with E-state index in [9.17, 15) is 13.6 Å². The van der Waals surface area contributed by atoms with Crippen molar-refractivity contribution in [3.05, 3.63) is 101 Å². The van der Waals surface area contributed by atoms with Gasteiger partial charge in [-0.15, -0.1) is 0 Å². The zero-order valence-electron chi connectivity index (χ0n) is 15.7. The van der Waals surface area contributed by atoms with Crippen LogP contribution in [0.15, 0.2) is 66.7 Å². The van der Waals surface area contributed by atoms with E-state index in [-0.39, 0.29) is 12.2 Å². The minimum absolute atomic E-state index is 0.167. The number of benzene rings is 3. The van der Waals surface area contributed by atoms with Crippen LogP contribution in [0, 0.1) is 18.6 Å². The van der Waals surface area contributed by atoms with Crippen LogP contribution in [0.3, 0.4) is 0 Å².